The van der Waals surface area contributed by atoms with E-state index in [1.54, 1.807) is 0 Å². The molecule has 2 atom stereocenters. The summed E-state index contributed by atoms with van der Waals surface area (Å²) in [5, 5.41) is 0. The summed E-state index contributed by atoms with van der Waals surface area (Å²) in [4.78, 5) is 3.40. The molecule has 1 fully saturated rings. The van der Waals surface area contributed by atoms with E-state index >= 15 is 0 Å². The summed E-state index contributed by atoms with van der Waals surface area (Å²) in [5.74, 6) is 1.73. The van der Waals surface area contributed by atoms with Crippen molar-refractivity contribution in [3.63, 3.8) is 0 Å². The summed E-state index contributed by atoms with van der Waals surface area (Å²) < 4.78 is 0. The van der Waals surface area contributed by atoms with Gasteiger partial charge in [0, 0.05) is 17.9 Å². The zero-order valence-electron chi connectivity index (χ0n) is 9.80. The quantitative estimate of drug-likeness (QED) is 0.700. The van der Waals surface area contributed by atoms with Crippen LogP contribution in [0.4, 0.5) is 0 Å². The Balaban J connectivity index is 2.32. The van der Waals surface area contributed by atoms with Crippen LogP contribution >= 0.6 is 15.9 Å². The maximum Gasteiger partial charge on any atom is 0.0195 e. The highest BCUT2D eigenvalue weighted by atomic mass is 79.9. The topological polar surface area (TPSA) is 3.24 Å². The number of alkyl halides is 1. The molecule has 1 saturated heterocycles. The standard InChI is InChI=1S/C12H24BrN/c1-4-11(5-2)9-14-7-6-12(13)10(3)8-14/h10-12H,4-9H2,1-3H3. The van der Waals surface area contributed by atoms with E-state index < -0.39 is 0 Å². The third-order valence-corrected chi connectivity index (χ3v) is 4.92. The van der Waals surface area contributed by atoms with Crippen molar-refractivity contribution >= 4 is 15.9 Å². The third-order valence-electron chi connectivity index (χ3n) is 3.56. The third kappa shape index (κ3) is 3.54. The van der Waals surface area contributed by atoms with Crippen LogP contribution in [0.1, 0.15) is 40.0 Å². The molecule has 1 aliphatic rings. The number of nitrogens with zero attached hydrogens (tertiary/aromatic N) is 1. The van der Waals surface area contributed by atoms with Gasteiger partial charge in [-0.3, -0.25) is 0 Å². The fourth-order valence-corrected chi connectivity index (χ4v) is 2.65. The Morgan fingerprint density at radius 2 is 2.00 bits per heavy atom. The highest BCUT2D eigenvalue weighted by molar-refractivity contribution is 9.09. The Kier molecular flexibility index (Phi) is 5.47. The minimum atomic E-state index is 0.750. The van der Waals surface area contributed by atoms with Gasteiger partial charge in [-0.05, 0) is 24.8 Å². The Hall–Kier alpha value is 0.440. The summed E-state index contributed by atoms with van der Waals surface area (Å²) in [6.45, 7) is 10.9. The molecular weight excluding hydrogens is 238 g/mol. The van der Waals surface area contributed by atoms with E-state index in [-0.39, 0.29) is 0 Å². The lowest BCUT2D eigenvalue weighted by Crippen LogP contribution is -2.41. The van der Waals surface area contributed by atoms with Gasteiger partial charge in [0.25, 0.3) is 0 Å². The molecule has 14 heavy (non-hydrogen) atoms. The van der Waals surface area contributed by atoms with Crippen LogP contribution in [0.25, 0.3) is 0 Å². The van der Waals surface area contributed by atoms with Gasteiger partial charge < -0.3 is 4.90 Å². The summed E-state index contributed by atoms with van der Waals surface area (Å²) in [7, 11) is 0. The maximum absolute atomic E-state index is 3.75. The Morgan fingerprint density at radius 1 is 1.36 bits per heavy atom. The van der Waals surface area contributed by atoms with Crippen LogP contribution in [0.3, 0.4) is 0 Å². The van der Waals surface area contributed by atoms with Crippen molar-refractivity contribution in [2.75, 3.05) is 19.6 Å². The predicted molar refractivity (Wildman–Crippen MR) is 67.0 cm³/mol. The molecule has 0 N–H and O–H groups in total. The second-order valence-electron chi connectivity index (χ2n) is 4.72. The number of rotatable bonds is 4. The van der Waals surface area contributed by atoms with E-state index in [0.717, 1.165) is 16.7 Å². The van der Waals surface area contributed by atoms with Crippen LogP contribution in [0, 0.1) is 11.8 Å². The number of likely N-dealkylation sites (tertiary alicyclic amines) is 1. The van der Waals surface area contributed by atoms with Crippen LogP contribution in [0.15, 0.2) is 0 Å². The molecule has 2 unspecified atom stereocenters. The Bertz CT molecular complexity index is 156. The molecule has 0 bridgehead atoms. The monoisotopic (exact) mass is 261 g/mol. The van der Waals surface area contributed by atoms with Crippen molar-refractivity contribution in [2.24, 2.45) is 11.8 Å². The fourth-order valence-electron chi connectivity index (χ4n) is 2.28. The highest BCUT2D eigenvalue weighted by Crippen LogP contribution is 2.24. The molecule has 1 aliphatic heterocycles. The first-order valence-corrected chi connectivity index (χ1v) is 6.95. The molecule has 1 heterocycles. The van der Waals surface area contributed by atoms with Crippen molar-refractivity contribution < 1.29 is 0 Å². The van der Waals surface area contributed by atoms with Crippen LogP contribution in [-0.4, -0.2) is 29.4 Å². The first kappa shape index (κ1) is 12.5. The second-order valence-corrected chi connectivity index (χ2v) is 5.90. The number of hydrogen-bond acceptors (Lipinski definition) is 1. The van der Waals surface area contributed by atoms with E-state index in [4.69, 9.17) is 0 Å². The first-order valence-electron chi connectivity index (χ1n) is 6.03. The van der Waals surface area contributed by atoms with Gasteiger partial charge in [0.05, 0.1) is 0 Å². The van der Waals surface area contributed by atoms with Gasteiger partial charge in [-0.2, -0.15) is 0 Å². The number of hydrogen-bond donors (Lipinski definition) is 0. The molecule has 0 aromatic rings. The minimum Gasteiger partial charge on any atom is -0.303 e. The van der Waals surface area contributed by atoms with Gasteiger partial charge in [-0.1, -0.05) is 49.5 Å². The van der Waals surface area contributed by atoms with Gasteiger partial charge in [-0.15, -0.1) is 0 Å². The molecule has 1 rings (SSSR count). The van der Waals surface area contributed by atoms with E-state index in [2.05, 4.69) is 41.6 Å². The predicted octanol–water partition coefficient (Wildman–Crippen LogP) is 3.53. The normalized spacial score (nSPS) is 29.8. The lowest BCUT2D eigenvalue weighted by atomic mass is 9.97. The average molecular weight is 262 g/mol. The summed E-state index contributed by atoms with van der Waals surface area (Å²) in [6, 6.07) is 0. The van der Waals surface area contributed by atoms with Crippen molar-refractivity contribution in [3.8, 4) is 0 Å². The molecule has 1 nitrogen and oxygen atoms in total. The average Bonchev–Trinajstić information content (AvgIpc) is 2.19. The molecule has 0 spiro atoms. The van der Waals surface area contributed by atoms with Crippen molar-refractivity contribution in [1.82, 2.24) is 4.90 Å². The summed E-state index contributed by atoms with van der Waals surface area (Å²) in [5.41, 5.74) is 0. The summed E-state index contributed by atoms with van der Waals surface area (Å²) in [6.07, 6.45) is 3.99. The minimum absolute atomic E-state index is 0.750. The molecular formula is C12H24BrN. The Labute approximate surface area is 97.4 Å². The van der Waals surface area contributed by atoms with E-state index in [0.29, 0.717) is 0 Å². The lowest BCUT2D eigenvalue weighted by Gasteiger charge is -2.36. The zero-order valence-corrected chi connectivity index (χ0v) is 11.4. The zero-order chi connectivity index (χ0) is 10.6. The van der Waals surface area contributed by atoms with Crippen molar-refractivity contribution in [1.29, 1.82) is 0 Å². The van der Waals surface area contributed by atoms with Crippen LogP contribution in [-0.2, 0) is 0 Å². The lowest BCUT2D eigenvalue weighted by molar-refractivity contribution is 0.161. The number of piperidine rings is 1. The van der Waals surface area contributed by atoms with Gasteiger partial charge in [0.15, 0.2) is 0 Å². The van der Waals surface area contributed by atoms with Gasteiger partial charge >= 0.3 is 0 Å². The second kappa shape index (κ2) is 6.12. The van der Waals surface area contributed by atoms with Crippen LogP contribution < -0.4 is 0 Å². The van der Waals surface area contributed by atoms with E-state index in [1.807, 2.05) is 0 Å². The maximum atomic E-state index is 3.75. The van der Waals surface area contributed by atoms with E-state index in [1.165, 1.54) is 38.9 Å². The molecule has 0 radical (unpaired) electrons. The van der Waals surface area contributed by atoms with Gasteiger partial charge in [-0.25, -0.2) is 0 Å². The molecule has 0 aliphatic carbocycles. The first-order chi connectivity index (χ1) is 6.67. The molecule has 0 aromatic heterocycles. The Morgan fingerprint density at radius 3 is 2.50 bits per heavy atom. The van der Waals surface area contributed by atoms with Gasteiger partial charge in [0.2, 0.25) is 0 Å². The van der Waals surface area contributed by atoms with Gasteiger partial charge in [0.1, 0.15) is 0 Å². The van der Waals surface area contributed by atoms with Crippen molar-refractivity contribution in [3.05, 3.63) is 0 Å². The van der Waals surface area contributed by atoms with E-state index in [9.17, 15) is 0 Å². The number of halogens is 1. The highest BCUT2D eigenvalue weighted by Gasteiger charge is 2.24. The molecule has 84 valence electrons. The van der Waals surface area contributed by atoms with Crippen molar-refractivity contribution in [2.45, 2.75) is 44.9 Å². The smallest absolute Gasteiger partial charge is 0.0195 e. The SMILES string of the molecule is CCC(CC)CN1CCC(Br)C(C)C1. The fraction of sp³-hybridized carbons (Fsp3) is 1.00. The molecule has 0 amide bonds. The largest absolute Gasteiger partial charge is 0.303 e. The molecule has 2 heteroatoms. The molecule has 0 saturated carbocycles. The van der Waals surface area contributed by atoms with Crippen LogP contribution in [0.2, 0.25) is 0 Å². The summed E-state index contributed by atoms with van der Waals surface area (Å²) >= 11 is 3.75. The van der Waals surface area contributed by atoms with Crippen LogP contribution in [0.5, 0.6) is 0 Å². The molecule has 0 aromatic carbocycles.